The van der Waals surface area contributed by atoms with Crippen LogP contribution in [0.25, 0.3) is 0 Å². The van der Waals surface area contributed by atoms with Crippen molar-refractivity contribution in [1.29, 1.82) is 0 Å². The molecule has 0 aliphatic carbocycles. The van der Waals surface area contributed by atoms with E-state index in [1.807, 2.05) is 31.2 Å². The molecule has 1 aromatic heterocycles. The lowest BCUT2D eigenvalue weighted by molar-refractivity contribution is 0.102. The summed E-state index contributed by atoms with van der Waals surface area (Å²) >= 11 is 0. The number of aromatic nitrogens is 3. The Balaban J connectivity index is 0.00000225. The second-order valence-electron chi connectivity index (χ2n) is 6.02. The van der Waals surface area contributed by atoms with Crippen LogP contribution in [0, 0.1) is 0 Å². The summed E-state index contributed by atoms with van der Waals surface area (Å²) in [6.07, 6.45) is 3.71. The van der Waals surface area contributed by atoms with Gasteiger partial charge in [0.15, 0.2) is 5.69 Å². The molecular formula is C17H24ClN5O2. The Hall–Kier alpha value is -1.96. The highest BCUT2D eigenvalue weighted by Gasteiger charge is 2.19. The minimum absolute atomic E-state index is 0. The lowest BCUT2D eigenvalue weighted by Gasteiger charge is -2.22. The van der Waals surface area contributed by atoms with E-state index in [1.165, 1.54) is 0 Å². The third-order valence-corrected chi connectivity index (χ3v) is 4.39. The number of ether oxygens (including phenoxy) is 1. The van der Waals surface area contributed by atoms with Crippen molar-refractivity contribution in [3.05, 3.63) is 41.7 Å². The number of hydrogen-bond acceptors (Lipinski definition) is 5. The van der Waals surface area contributed by atoms with Gasteiger partial charge in [-0.15, -0.1) is 17.5 Å². The number of hydrogen-bond donors (Lipinski definition) is 2. The third kappa shape index (κ3) is 4.78. The number of amides is 1. The third-order valence-electron chi connectivity index (χ3n) is 4.39. The number of nitrogens with zero attached hydrogens (tertiary/aromatic N) is 3. The van der Waals surface area contributed by atoms with Gasteiger partial charge in [-0.05, 0) is 50.6 Å². The number of nitrogens with one attached hydrogen (secondary N) is 2. The standard InChI is InChI=1S/C17H23N5O2.ClH/c1-12(24-2)13-4-3-5-14(10-13)19-17(23)16-11-22(21-20-16)15-6-8-18-9-7-15;/h3-5,10-12,15,18H,6-9H2,1-2H3,(H,19,23);1H. The number of rotatable bonds is 5. The van der Waals surface area contributed by atoms with E-state index >= 15 is 0 Å². The van der Waals surface area contributed by atoms with Crippen LogP contribution in [0.3, 0.4) is 0 Å². The maximum absolute atomic E-state index is 12.4. The summed E-state index contributed by atoms with van der Waals surface area (Å²) in [4.78, 5) is 12.4. The molecule has 1 unspecified atom stereocenters. The molecule has 2 N–H and O–H groups in total. The van der Waals surface area contributed by atoms with E-state index < -0.39 is 0 Å². The zero-order valence-corrected chi connectivity index (χ0v) is 15.3. The van der Waals surface area contributed by atoms with Crippen molar-refractivity contribution in [2.45, 2.75) is 31.9 Å². The van der Waals surface area contributed by atoms with Crippen LogP contribution < -0.4 is 10.6 Å². The molecule has 8 heteroatoms. The molecule has 1 atom stereocenters. The average molecular weight is 366 g/mol. The van der Waals surface area contributed by atoms with Gasteiger partial charge in [-0.2, -0.15) is 0 Å². The molecule has 1 saturated heterocycles. The molecule has 0 saturated carbocycles. The van der Waals surface area contributed by atoms with Gasteiger partial charge in [0.2, 0.25) is 0 Å². The molecule has 1 aliphatic heterocycles. The van der Waals surface area contributed by atoms with Crippen LogP contribution in [0.5, 0.6) is 0 Å². The molecule has 3 rings (SSSR count). The van der Waals surface area contributed by atoms with Crippen molar-refractivity contribution in [3.63, 3.8) is 0 Å². The molecule has 2 aromatic rings. The number of carbonyl (C=O) groups excluding carboxylic acids is 1. The Morgan fingerprint density at radius 2 is 2.16 bits per heavy atom. The lowest BCUT2D eigenvalue weighted by Crippen LogP contribution is -2.29. The second kappa shape index (κ2) is 8.94. The first-order valence-electron chi connectivity index (χ1n) is 8.24. The van der Waals surface area contributed by atoms with E-state index in [9.17, 15) is 4.79 Å². The predicted molar refractivity (Wildman–Crippen MR) is 98.2 cm³/mol. The van der Waals surface area contributed by atoms with E-state index in [-0.39, 0.29) is 24.4 Å². The first-order chi connectivity index (χ1) is 11.7. The van der Waals surface area contributed by atoms with Crippen molar-refractivity contribution >= 4 is 24.0 Å². The number of methoxy groups -OCH3 is 1. The van der Waals surface area contributed by atoms with E-state index in [4.69, 9.17) is 4.74 Å². The van der Waals surface area contributed by atoms with Crippen LogP contribution in [0.15, 0.2) is 30.5 Å². The fraction of sp³-hybridized carbons (Fsp3) is 0.471. The lowest BCUT2D eigenvalue weighted by atomic mass is 10.1. The topological polar surface area (TPSA) is 81.1 Å². The zero-order valence-electron chi connectivity index (χ0n) is 14.4. The maximum Gasteiger partial charge on any atom is 0.277 e. The summed E-state index contributed by atoms with van der Waals surface area (Å²) in [5.74, 6) is -0.252. The molecule has 1 aromatic carbocycles. The van der Waals surface area contributed by atoms with Gasteiger partial charge in [0.25, 0.3) is 5.91 Å². The molecule has 1 amide bonds. The van der Waals surface area contributed by atoms with Gasteiger partial charge < -0.3 is 15.4 Å². The summed E-state index contributed by atoms with van der Waals surface area (Å²) in [6.45, 7) is 3.90. The highest BCUT2D eigenvalue weighted by Crippen LogP contribution is 2.20. The zero-order chi connectivity index (χ0) is 16.9. The Morgan fingerprint density at radius 3 is 2.88 bits per heavy atom. The molecule has 0 radical (unpaired) electrons. The molecule has 1 aliphatic rings. The van der Waals surface area contributed by atoms with Gasteiger partial charge in [0.1, 0.15) is 0 Å². The van der Waals surface area contributed by atoms with Gasteiger partial charge in [-0.3, -0.25) is 4.79 Å². The summed E-state index contributed by atoms with van der Waals surface area (Å²) < 4.78 is 7.11. The Morgan fingerprint density at radius 1 is 1.40 bits per heavy atom. The van der Waals surface area contributed by atoms with Crippen molar-refractivity contribution in [2.75, 3.05) is 25.5 Å². The first-order valence-corrected chi connectivity index (χ1v) is 8.24. The van der Waals surface area contributed by atoms with Crippen molar-refractivity contribution in [1.82, 2.24) is 20.3 Å². The van der Waals surface area contributed by atoms with Gasteiger partial charge in [0.05, 0.1) is 18.3 Å². The quantitative estimate of drug-likeness (QED) is 0.851. The monoisotopic (exact) mass is 365 g/mol. The predicted octanol–water partition coefficient (Wildman–Crippen LogP) is 2.58. The molecule has 25 heavy (non-hydrogen) atoms. The van der Waals surface area contributed by atoms with Gasteiger partial charge in [0, 0.05) is 12.8 Å². The number of carbonyl (C=O) groups is 1. The summed E-state index contributed by atoms with van der Waals surface area (Å²) in [5.41, 5.74) is 2.06. The van der Waals surface area contributed by atoms with E-state index in [2.05, 4.69) is 20.9 Å². The maximum atomic E-state index is 12.4. The number of benzene rings is 1. The van der Waals surface area contributed by atoms with E-state index in [1.54, 1.807) is 18.0 Å². The molecule has 1 fully saturated rings. The second-order valence-corrected chi connectivity index (χ2v) is 6.02. The summed E-state index contributed by atoms with van der Waals surface area (Å²) in [7, 11) is 1.66. The minimum atomic E-state index is -0.252. The fourth-order valence-corrected chi connectivity index (χ4v) is 2.83. The molecule has 7 nitrogen and oxygen atoms in total. The Kier molecular flexibility index (Phi) is 6.92. The average Bonchev–Trinajstić information content (AvgIpc) is 3.12. The largest absolute Gasteiger partial charge is 0.377 e. The summed E-state index contributed by atoms with van der Waals surface area (Å²) in [6, 6.07) is 7.93. The van der Waals surface area contributed by atoms with Crippen molar-refractivity contribution in [3.8, 4) is 0 Å². The van der Waals surface area contributed by atoms with Crippen molar-refractivity contribution in [2.24, 2.45) is 0 Å². The SMILES string of the molecule is COC(C)c1cccc(NC(=O)c2cn(C3CCNCC3)nn2)c1.Cl. The molecule has 0 spiro atoms. The van der Waals surface area contributed by atoms with Gasteiger partial charge >= 0.3 is 0 Å². The smallest absolute Gasteiger partial charge is 0.277 e. The first kappa shape index (κ1) is 19.4. The fourth-order valence-electron chi connectivity index (χ4n) is 2.83. The van der Waals surface area contributed by atoms with E-state index in [0.717, 1.165) is 37.2 Å². The molecule has 0 bridgehead atoms. The van der Waals surface area contributed by atoms with Crippen LogP contribution in [-0.4, -0.2) is 41.1 Å². The molecular weight excluding hydrogens is 342 g/mol. The van der Waals surface area contributed by atoms with Gasteiger partial charge in [-0.25, -0.2) is 4.68 Å². The van der Waals surface area contributed by atoms with E-state index in [0.29, 0.717) is 11.7 Å². The Labute approximate surface area is 153 Å². The summed E-state index contributed by atoms with van der Waals surface area (Å²) in [5, 5.41) is 14.3. The Bertz CT molecular complexity index is 700. The van der Waals surface area contributed by atoms with Crippen molar-refractivity contribution < 1.29 is 9.53 Å². The number of anilines is 1. The van der Waals surface area contributed by atoms with Crippen LogP contribution in [-0.2, 0) is 4.74 Å². The minimum Gasteiger partial charge on any atom is -0.377 e. The van der Waals surface area contributed by atoms with Gasteiger partial charge in [-0.1, -0.05) is 17.3 Å². The highest BCUT2D eigenvalue weighted by molar-refractivity contribution is 6.02. The number of piperidine rings is 1. The van der Waals surface area contributed by atoms with Crippen LogP contribution in [0.1, 0.15) is 48.0 Å². The van der Waals surface area contributed by atoms with Crippen LogP contribution in [0.2, 0.25) is 0 Å². The molecule has 2 heterocycles. The highest BCUT2D eigenvalue weighted by atomic mass is 35.5. The normalized spacial score (nSPS) is 16.1. The number of halogens is 1. The molecule has 136 valence electrons. The van der Waals surface area contributed by atoms with Crippen LogP contribution in [0.4, 0.5) is 5.69 Å². The van der Waals surface area contributed by atoms with Crippen LogP contribution >= 0.6 is 12.4 Å².